The van der Waals surface area contributed by atoms with E-state index in [1.807, 2.05) is 41.3 Å². The molecule has 0 spiro atoms. The van der Waals surface area contributed by atoms with Gasteiger partial charge in [-0.05, 0) is 66.1 Å². The molecule has 1 aliphatic heterocycles. The topological polar surface area (TPSA) is 96.5 Å². The Morgan fingerprint density at radius 2 is 1.85 bits per heavy atom. The number of fused-ring (bicyclic) bond motifs is 1. The van der Waals surface area contributed by atoms with Gasteiger partial charge in [0.15, 0.2) is 0 Å². The first-order chi connectivity index (χ1) is 16.4. The highest BCUT2D eigenvalue weighted by Crippen LogP contribution is 2.24. The maximum absolute atomic E-state index is 13.1. The zero-order valence-corrected chi connectivity index (χ0v) is 19.8. The number of anilines is 1. The fourth-order valence-corrected chi connectivity index (χ4v) is 4.79. The summed E-state index contributed by atoms with van der Waals surface area (Å²) in [5.74, 6) is -1.10. The highest BCUT2D eigenvalue weighted by molar-refractivity contribution is 7.81. The van der Waals surface area contributed by atoms with Gasteiger partial charge in [0.25, 0.3) is 5.91 Å². The number of benzene rings is 2. The quantitative estimate of drug-likeness (QED) is 0.428. The second kappa shape index (κ2) is 10.7. The predicted molar refractivity (Wildman–Crippen MR) is 136 cm³/mol. The van der Waals surface area contributed by atoms with E-state index in [2.05, 4.69) is 29.7 Å². The zero-order chi connectivity index (χ0) is 24.1. The average molecular weight is 476 g/mol. The van der Waals surface area contributed by atoms with Crippen molar-refractivity contribution in [3.8, 4) is 0 Å². The molecule has 0 aliphatic carbocycles. The summed E-state index contributed by atoms with van der Waals surface area (Å²) in [6.07, 6.45) is 4.04. The van der Waals surface area contributed by atoms with Crippen molar-refractivity contribution in [2.75, 3.05) is 12.3 Å². The molecule has 0 saturated carbocycles. The lowest BCUT2D eigenvalue weighted by atomic mass is 9.92. The van der Waals surface area contributed by atoms with Gasteiger partial charge in [-0.2, -0.15) is 12.6 Å². The van der Waals surface area contributed by atoms with E-state index in [4.69, 9.17) is 5.73 Å². The van der Waals surface area contributed by atoms with Crippen LogP contribution in [0, 0.1) is 5.92 Å². The van der Waals surface area contributed by atoms with Gasteiger partial charge in [0, 0.05) is 30.1 Å². The number of rotatable bonds is 8. The van der Waals surface area contributed by atoms with Crippen LogP contribution in [0.2, 0.25) is 0 Å². The van der Waals surface area contributed by atoms with E-state index in [9.17, 15) is 14.7 Å². The van der Waals surface area contributed by atoms with Crippen molar-refractivity contribution >= 4 is 30.3 Å². The van der Waals surface area contributed by atoms with Crippen molar-refractivity contribution < 1.29 is 14.7 Å². The van der Waals surface area contributed by atoms with Gasteiger partial charge in [-0.15, -0.1) is 0 Å². The minimum atomic E-state index is -0.883. The molecule has 1 aliphatic rings. The summed E-state index contributed by atoms with van der Waals surface area (Å²) in [7, 11) is 0. The van der Waals surface area contributed by atoms with Crippen LogP contribution in [0.3, 0.4) is 0 Å². The molecule has 0 radical (unpaired) electrons. The third-order valence-electron chi connectivity index (χ3n) is 6.41. The number of carboxylic acid groups (broad SMARTS) is 1. The first kappa shape index (κ1) is 23.8. The van der Waals surface area contributed by atoms with Gasteiger partial charge in [0.05, 0.1) is 5.92 Å². The normalized spacial score (nSPS) is 14.8. The van der Waals surface area contributed by atoms with E-state index < -0.39 is 11.9 Å². The number of amides is 1. The third kappa shape index (κ3) is 5.78. The molecule has 176 valence electrons. The van der Waals surface area contributed by atoms with Crippen LogP contribution in [-0.2, 0) is 30.6 Å². The number of carbonyl (C=O) groups excluding carboxylic acids is 1. The molecule has 7 heteroatoms. The van der Waals surface area contributed by atoms with E-state index >= 15 is 0 Å². The Kier molecular flexibility index (Phi) is 7.53. The maximum atomic E-state index is 13.1. The second-order valence-electron chi connectivity index (χ2n) is 8.79. The van der Waals surface area contributed by atoms with Crippen LogP contribution in [0.15, 0.2) is 66.9 Å². The van der Waals surface area contributed by atoms with Gasteiger partial charge in [-0.3, -0.25) is 9.59 Å². The van der Waals surface area contributed by atoms with Gasteiger partial charge in [-0.25, -0.2) is 4.98 Å². The third-order valence-corrected chi connectivity index (χ3v) is 7.02. The summed E-state index contributed by atoms with van der Waals surface area (Å²) in [6.45, 7) is 1.33. The lowest BCUT2D eigenvalue weighted by molar-refractivity contribution is -0.141. The lowest BCUT2D eigenvalue weighted by Gasteiger charge is -2.29. The highest BCUT2D eigenvalue weighted by atomic mass is 32.1. The molecule has 0 saturated heterocycles. The molecule has 3 N–H and O–H groups in total. The van der Waals surface area contributed by atoms with Gasteiger partial charge in [0.2, 0.25) is 0 Å². The number of aromatic nitrogens is 1. The number of aliphatic carboxylic acids is 1. The Morgan fingerprint density at radius 3 is 2.59 bits per heavy atom. The maximum Gasteiger partial charge on any atom is 0.307 e. The molecule has 0 fully saturated rings. The van der Waals surface area contributed by atoms with Crippen molar-refractivity contribution in [1.82, 2.24) is 9.88 Å². The van der Waals surface area contributed by atoms with Crippen molar-refractivity contribution in [2.24, 2.45) is 5.92 Å². The van der Waals surface area contributed by atoms with E-state index in [1.54, 1.807) is 18.3 Å². The smallest absolute Gasteiger partial charge is 0.307 e. The van der Waals surface area contributed by atoms with Crippen LogP contribution in [0.5, 0.6) is 0 Å². The van der Waals surface area contributed by atoms with E-state index in [1.165, 1.54) is 11.1 Å². The molecule has 3 aromatic rings. The van der Waals surface area contributed by atoms with Gasteiger partial charge in [0.1, 0.15) is 5.82 Å². The molecule has 4 rings (SSSR count). The average Bonchev–Trinajstić information content (AvgIpc) is 2.86. The summed E-state index contributed by atoms with van der Waals surface area (Å²) >= 11 is 4.62. The minimum Gasteiger partial charge on any atom is -0.481 e. The number of carbonyl (C=O) groups is 2. The number of aryl methyl sites for hydroxylation is 1. The Balaban J connectivity index is 1.38. The number of pyridine rings is 1. The fraction of sp³-hybridized carbons (Fsp3) is 0.296. The first-order valence-electron chi connectivity index (χ1n) is 11.5. The number of hydrogen-bond acceptors (Lipinski definition) is 5. The predicted octanol–water partition coefficient (Wildman–Crippen LogP) is 4.04. The fourth-order valence-electron chi connectivity index (χ4n) is 4.43. The molecule has 1 amide bonds. The summed E-state index contributed by atoms with van der Waals surface area (Å²) < 4.78 is 0. The molecular formula is C27H29N3O3S. The van der Waals surface area contributed by atoms with Crippen molar-refractivity contribution in [1.29, 1.82) is 0 Å². The molecule has 34 heavy (non-hydrogen) atoms. The first-order valence-corrected chi connectivity index (χ1v) is 12.0. The summed E-state index contributed by atoms with van der Waals surface area (Å²) in [6, 6.07) is 19.4. The largest absolute Gasteiger partial charge is 0.481 e. The SMILES string of the molecule is Nc1ccc(CC(C(=O)O)C(S)CCc2cccc(C(=O)N3CCc4ccccc4C3)c2)cn1. The Morgan fingerprint density at radius 1 is 1.06 bits per heavy atom. The molecule has 2 unspecified atom stereocenters. The van der Waals surface area contributed by atoms with Crippen molar-refractivity contribution in [2.45, 2.75) is 37.5 Å². The van der Waals surface area contributed by atoms with Crippen LogP contribution < -0.4 is 5.73 Å². The Hall–Kier alpha value is -3.32. The summed E-state index contributed by atoms with van der Waals surface area (Å²) in [5, 5.41) is 9.40. The molecule has 0 bridgehead atoms. The standard InChI is InChI=1S/C27H29N3O3S/c28-25-11-9-19(16-29-25)15-23(27(32)33)24(34)10-8-18-4-3-7-21(14-18)26(31)30-13-12-20-5-1-2-6-22(20)17-30/h1-7,9,11,14,16,23-24,34H,8,10,12-13,15,17H2,(H2,28,29)(H,32,33). The zero-order valence-electron chi connectivity index (χ0n) is 18.9. The second-order valence-corrected chi connectivity index (χ2v) is 9.46. The van der Waals surface area contributed by atoms with Gasteiger partial charge in [-0.1, -0.05) is 42.5 Å². The molecule has 2 heterocycles. The molecule has 2 aromatic carbocycles. The van der Waals surface area contributed by atoms with Crippen LogP contribution in [0.25, 0.3) is 0 Å². The molecule has 1 aromatic heterocycles. The van der Waals surface area contributed by atoms with E-state index in [-0.39, 0.29) is 11.2 Å². The van der Waals surface area contributed by atoms with Crippen LogP contribution in [-0.4, -0.2) is 38.7 Å². The van der Waals surface area contributed by atoms with Gasteiger partial charge < -0.3 is 15.7 Å². The molecular weight excluding hydrogens is 446 g/mol. The number of nitrogen functional groups attached to an aromatic ring is 1. The Labute approximate surface area is 205 Å². The number of thiol groups is 1. The van der Waals surface area contributed by atoms with Crippen LogP contribution >= 0.6 is 12.6 Å². The number of carboxylic acids is 1. The van der Waals surface area contributed by atoms with Crippen LogP contribution in [0.4, 0.5) is 5.82 Å². The van der Waals surface area contributed by atoms with Gasteiger partial charge >= 0.3 is 5.97 Å². The lowest BCUT2D eigenvalue weighted by Crippen LogP contribution is -2.35. The number of hydrogen-bond donors (Lipinski definition) is 3. The van der Waals surface area contributed by atoms with Crippen molar-refractivity contribution in [3.05, 3.63) is 94.7 Å². The Bertz CT molecular complexity index is 1170. The number of nitrogens with zero attached hydrogens (tertiary/aromatic N) is 2. The minimum absolute atomic E-state index is 0.0260. The molecule has 2 atom stereocenters. The summed E-state index contributed by atoms with van der Waals surface area (Å²) in [5.41, 5.74) is 10.6. The van der Waals surface area contributed by atoms with E-state index in [0.29, 0.717) is 43.7 Å². The van der Waals surface area contributed by atoms with E-state index in [0.717, 1.165) is 17.5 Å². The molecule has 6 nitrogen and oxygen atoms in total. The number of nitrogens with two attached hydrogens (primary N) is 1. The van der Waals surface area contributed by atoms with Crippen molar-refractivity contribution in [3.63, 3.8) is 0 Å². The van der Waals surface area contributed by atoms with Crippen LogP contribution in [0.1, 0.15) is 39.0 Å². The summed E-state index contributed by atoms with van der Waals surface area (Å²) in [4.78, 5) is 31.0. The monoisotopic (exact) mass is 475 g/mol. The highest BCUT2D eigenvalue weighted by Gasteiger charge is 2.26.